The molecule has 0 saturated carbocycles. The van der Waals surface area contributed by atoms with Gasteiger partial charge in [-0.05, 0) is 136 Å². The lowest BCUT2D eigenvalue weighted by Crippen LogP contribution is -2.18. The second kappa shape index (κ2) is 15.0. The molecule has 0 unspecified atom stereocenters. The largest absolute Gasteiger partial charge is 0.453 e. The Morgan fingerprint density at radius 1 is 0.314 bits per heavy atom. The van der Waals surface area contributed by atoms with E-state index in [2.05, 4.69) is 257 Å². The summed E-state index contributed by atoms with van der Waals surface area (Å²) in [4.78, 5) is 2.45. The molecule has 0 bridgehead atoms. The van der Waals surface area contributed by atoms with E-state index >= 15 is 0 Å². The SMILES string of the molecule is CC1(C)c2cc(-c3ccc4c(c3)Oc3cc(-c5ccc6c(c5)C(C)(C)c5ccc7ccccc7c5-6)ccc3N4c3c(-c4ccccc4)cccc3-c3ccccc3)ccc2-c2c1ccc1ccccc21. The van der Waals surface area contributed by atoms with Crippen molar-refractivity contribution >= 4 is 38.6 Å². The number of hydrogen-bond acceptors (Lipinski definition) is 2. The van der Waals surface area contributed by atoms with Crippen molar-refractivity contribution in [3.8, 4) is 78.3 Å². The van der Waals surface area contributed by atoms with Gasteiger partial charge < -0.3 is 9.64 Å². The summed E-state index contributed by atoms with van der Waals surface area (Å²) in [6, 6.07) is 82.9. The monoisotopic (exact) mass is 895 g/mol. The number of para-hydroxylation sites is 1. The Morgan fingerprint density at radius 2 is 0.729 bits per heavy atom. The zero-order valence-corrected chi connectivity index (χ0v) is 39.7. The Kier molecular flexibility index (Phi) is 8.71. The summed E-state index contributed by atoms with van der Waals surface area (Å²) in [5.41, 5.74) is 22.8. The number of nitrogens with zero attached hydrogens (tertiary/aromatic N) is 1. The molecule has 0 fully saturated rings. The summed E-state index contributed by atoms with van der Waals surface area (Å²) in [5.74, 6) is 1.63. The third-order valence-electron chi connectivity index (χ3n) is 15.8. The van der Waals surface area contributed by atoms with Gasteiger partial charge in [0.15, 0.2) is 11.5 Å². The minimum Gasteiger partial charge on any atom is -0.453 e. The lowest BCUT2D eigenvalue weighted by Gasteiger charge is -2.36. The van der Waals surface area contributed by atoms with E-state index in [1.165, 1.54) is 77.2 Å². The van der Waals surface area contributed by atoms with Gasteiger partial charge in [0.1, 0.15) is 0 Å². The molecule has 2 aliphatic carbocycles. The molecule has 332 valence electrons. The van der Waals surface area contributed by atoms with Gasteiger partial charge >= 0.3 is 0 Å². The van der Waals surface area contributed by atoms with Gasteiger partial charge in [0.25, 0.3) is 0 Å². The van der Waals surface area contributed by atoms with Crippen molar-refractivity contribution < 1.29 is 4.74 Å². The summed E-state index contributed by atoms with van der Waals surface area (Å²) >= 11 is 0. The first-order valence-corrected chi connectivity index (χ1v) is 24.6. The van der Waals surface area contributed by atoms with Crippen LogP contribution in [0.4, 0.5) is 17.1 Å². The van der Waals surface area contributed by atoms with Gasteiger partial charge in [0.05, 0.1) is 17.1 Å². The molecule has 0 saturated heterocycles. The van der Waals surface area contributed by atoms with E-state index < -0.39 is 0 Å². The van der Waals surface area contributed by atoms with Crippen LogP contribution in [-0.4, -0.2) is 0 Å². The van der Waals surface area contributed by atoms with Crippen molar-refractivity contribution in [1.82, 2.24) is 0 Å². The van der Waals surface area contributed by atoms with Gasteiger partial charge in [-0.3, -0.25) is 0 Å². The summed E-state index contributed by atoms with van der Waals surface area (Å²) in [6.07, 6.45) is 0. The molecule has 0 spiro atoms. The third kappa shape index (κ3) is 5.93. The van der Waals surface area contributed by atoms with Crippen molar-refractivity contribution in [2.75, 3.05) is 4.90 Å². The van der Waals surface area contributed by atoms with E-state index in [4.69, 9.17) is 4.74 Å². The standard InChI is InChI=1S/C68H49NO/c1-67(2)56-34-28-44-20-11-13-22-50(44)64(56)54-32-26-46(38-58(54)67)48-30-36-60-62(40-48)70-63-41-49(47-27-33-55-59(39-47)68(3,4)57-35-29-45-21-12-14-23-51(45)65(55)57)31-37-61(63)69(60)66-52(42-16-7-5-8-17-42)24-15-25-53(66)43-18-9-6-10-19-43/h5-41H,1-4H3. The van der Waals surface area contributed by atoms with Crippen LogP contribution in [0.2, 0.25) is 0 Å². The number of benzene rings is 11. The van der Waals surface area contributed by atoms with Crippen LogP contribution in [0.25, 0.3) is 88.3 Å². The molecule has 0 amide bonds. The van der Waals surface area contributed by atoms with Crippen LogP contribution in [-0.2, 0) is 10.8 Å². The summed E-state index contributed by atoms with van der Waals surface area (Å²) in [5, 5.41) is 5.18. The van der Waals surface area contributed by atoms with Gasteiger partial charge in [-0.2, -0.15) is 0 Å². The summed E-state index contributed by atoms with van der Waals surface area (Å²) in [7, 11) is 0. The minimum absolute atomic E-state index is 0.153. The highest BCUT2D eigenvalue weighted by Crippen LogP contribution is 2.58. The molecule has 1 aliphatic heterocycles. The summed E-state index contributed by atoms with van der Waals surface area (Å²) in [6.45, 7) is 9.48. The predicted molar refractivity (Wildman–Crippen MR) is 293 cm³/mol. The Balaban J connectivity index is 0.945. The number of hydrogen-bond donors (Lipinski definition) is 0. The lowest BCUT2D eigenvalue weighted by atomic mass is 9.81. The molecule has 0 aromatic heterocycles. The fraction of sp³-hybridized carbons (Fsp3) is 0.0882. The Hall–Kier alpha value is -8.46. The molecule has 70 heavy (non-hydrogen) atoms. The Bertz CT molecular complexity index is 3720. The first kappa shape index (κ1) is 40.6. The minimum atomic E-state index is -0.153. The fourth-order valence-electron chi connectivity index (χ4n) is 12.3. The molecule has 0 atom stereocenters. The van der Waals surface area contributed by atoms with Gasteiger partial charge in [-0.1, -0.05) is 216 Å². The average Bonchev–Trinajstić information content (AvgIpc) is 3.79. The number of fused-ring (bicyclic) bond motifs is 12. The van der Waals surface area contributed by atoms with Gasteiger partial charge in [-0.25, -0.2) is 0 Å². The van der Waals surface area contributed by atoms with Gasteiger partial charge in [-0.15, -0.1) is 0 Å². The van der Waals surface area contributed by atoms with Crippen LogP contribution in [0, 0.1) is 0 Å². The van der Waals surface area contributed by atoms with E-state index in [1.807, 2.05) is 0 Å². The van der Waals surface area contributed by atoms with Crippen molar-refractivity contribution in [2.45, 2.75) is 38.5 Å². The molecule has 2 heteroatoms. The van der Waals surface area contributed by atoms with Crippen molar-refractivity contribution in [3.63, 3.8) is 0 Å². The highest BCUT2D eigenvalue weighted by Gasteiger charge is 2.39. The summed E-state index contributed by atoms with van der Waals surface area (Å²) < 4.78 is 7.27. The second-order valence-electron chi connectivity index (χ2n) is 20.4. The second-order valence-corrected chi connectivity index (χ2v) is 20.4. The molecule has 2 nitrogen and oxygen atoms in total. The van der Waals surface area contributed by atoms with E-state index in [9.17, 15) is 0 Å². The van der Waals surface area contributed by atoms with Crippen molar-refractivity contribution in [1.29, 1.82) is 0 Å². The zero-order valence-electron chi connectivity index (χ0n) is 39.7. The Labute approximate surface area is 409 Å². The van der Waals surface area contributed by atoms with Crippen LogP contribution < -0.4 is 9.64 Å². The van der Waals surface area contributed by atoms with E-state index in [-0.39, 0.29) is 10.8 Å². The van der Waals surface area contributed by atoms with Crippen LogP contribution in [0.15, 0.2) is 224 Å². The van der Waals surface area contributed by atoms with Crippen LogP contribution in [0.3, 0.4) is 0 Å². The molecular formula is C68H49NO. The highest BCUT2D eigenvalue weighted by atomic mass is 16.5. The fourth-order valence-corrected chi connectivity index (χ4v) is 12.3. The maximum absolute atomic E-state index is 7.27. The molecule has 11 aromatic rings. The lowest BCUT2D eigenvalue weighted by molar-refractivity contribution is 0.477. The predicted octanol–water partition coefficient (Wildman–Crippen LogP) is 18.8. The van der Waals surface area contributed by atoms with Gasteiger partial charge in [0, 0.05) is 22.0 Å². The quantitative estimate of drug-likeness (QED) is 0.171. The van der Waals surface area contributed by atoms with E-state index in [1.54, 1.807) is 0 Å². The smallest absolute Gasteiger partial charge is 0.152 e. The highest BCUT2D eigenvalue weighted by molar-refractivity contribution is 6.05. The van der Waals surface area contributed by atoms with Crippen LogP contribution >= 0.6 is 0 Å². The van der Waals surface area contributed by atoms with Crippen molar-refractivity contribution in [2.24, 2.45) is 0 Å². The van der Waals surface area contributed by atoms with E-state index in [0.29, 0.717) is 0 Å². The van der Waals surface area contributed by atoms with Crippen molar-refractivity contribution in [3.05, 3.63) is 247 Å². The molecule has 11 aromatic carbocycles. The first-order valence-electron chi connectivity index (χ1n) is 24.6. The molecular weight excluding hydrogens is 847 g/mol. The first-order chi connectivity index (χ1) is 34.2. The number of ether oxygens (including phenoxy) is 1. The molecule has 1 heterocycles. The topological polar surface area (TPSA) is 12.5 Å². The van der Waals surface area contributed by atoms with E-state index in [0.717, 1.165) is 61.9 Å². The molecule has 0 radical (unpaired) electrons. The Morgan fingerprint density at radius 3 is 1.20 bits per heavy atom. The average molecular weight is 896 g/mol. The van der Waals surface area contributed by atoms with Gasteiger partial charge in [0.2, 0.25) is 0 Å². The maximum Gasteiger partial charge on any atom is 0.152 e. The normalized spacial score (nSPS) is 14.3. The maximum atomic E-state index is 7.27. The number of anilines is 3. The zero-order chi connectivity index (χ0) is 46.9. The van der Waals surface area contributed by atoms with Crippen LogP contribution in [0.1, 0.15) is 49.9 Å². The molecule has 3 aliphatic rings. The molecule has 0 N–H and O–H groups in total. The third-order valence-corrected chi connectivity index (χ3v) is 15.8. The molecule has 14 rings (SSSR count). The van der Waals surface area contributed by atoms with Crippen LogP contribution in [0.5, 0.6) is 11.5 Å². The number of rotatable bonds is 5.